The predicted molar refractivity (Wildman–Crippen MR) is 90.1 cm³/mol. The quantitative estimate of drug-likeness (QED) is 0.740. The number of aryl methyl sites for hydroxylation is 1. The Hall–Kier alpha value is -1.96. The molecule has 0 aliphatic rings. The molecule has 0 bridgehead atoms. The fraction of sp³-hybridized carbons (Fsp3) is 0.368. The normalized spacial score (nSPS) is 12.0. The zero-order chi connectivity index (χ0) is 15.1. The lowest BCUT2D eigenvalue weighted by Crippen LogP contribution is -2.09. The topological polar surface area (TPSA) is 21.3 Å². The summed E-state index contributed by atoms with van der Waals surface area (Å²) in [7, 11) is 0. The minimum absolute atomic E-state index is 0.341. The lowest BCUT2D eigenvalue weighted by atomic mass is 10.0. The van der Waals surface area contributed by atoms with Gasteiger partial charge in [0.15, 0.2) is 0 Å². The molecule has 2 aromatic carbocycles. The van der Waals surface area contributed by atoms with Crippen molar-refractivity contribution in [1.29, 1.82) is 0 Å². The number of benzene rings is 2. The van der Waals surface area contributed by atoms with E-state index in [4.69, 9.17) is 4.74 Å². The average Bonchev–Trinajstić information content (AvgIpc) is 2.53. The molecular weight excluding hydrogens is 258 g/mol. The molecule has 1 atom stereocenters. The third-order valence-electron chi connectivity index (χ3n) is 3.56. The van der Waals surface area contributed by atoms with Gasteiger partial charge in [0.1, 0.15) is 5.75 Å². The smallest absolute Gasteiger partial charge is 0.119 e. The van der Waals surface area contributed by atoms with Crippen LogP contribution in [0.15, 0.2) is 48.5 Å². The van der Waals surface area contributed by atoms with Crippen LogP contribution in [0.3, 0.4) is 0 Å². The van der Waals surface area contributed by atoms with E-state index in [-0.39, 0.29) is 0 Å². The lowest BCUT2D eigenvalue weighted by molar-refractivity contribution is 0.317. The highest BCUT2D eigenvalue weighted by Crippen LogP contribution is 2.24. The maximum absolute atomic E-state index is 5.61. The van der Waals surface area contributed by atoms with Gasteiger partial charge in [-0.25, -0.2) is 0 Å². The molecule has 0 amide bonds. The van der Waals surface area contributed by atoms with E-state index in [1.807, 2.05) is 12.1 Å². The van der Waals surface area contributed by atoms with E-state index in [0.717, 1.165) is 30.9 Å². The molecule has 2 aromatic rings. The van der Waals surface area contributed by atoms with Gasteiger partial charge in [0.2, 0.25) is 0 Å². The van der Waals surface area contributed by atoms with Crippen molar-refractivity contribution < 1.29 is 4.74 Å². The fourth-order valence-corrected chi connectivity index (χ4v) is 2.29. The number of ether oxygens (including phenoxy) is 1. The minimum atomic E-state index is 0.341. The fourth-order valence-electron chi connectivity index (χ4n) is 2.29. The summed E-state index contributed by atoms with van der Waals surface area (Å²) >= 11 is 0. The van der Waals surface area contributed by atoms with Crippen LogP contribution in [0.2, 0.25) is 0 Å². The standard InChI is InChI=1S/C19H25NO/c1-4-14-21-18-12-10-17(11-13-18)20-19(5-2)16-8-6-15(3)7-9-16/h6-13,19-20H,4-5,14H2,1-3H3. The monoisotopic (exact) mass is 283 g/mol. The number of nitrogens with one attached hydrogen (secondary N) is 1. The van der Waals surface area contributed by atoms with E-state index < -0.39 is 0 Å². The van der Waals surface area contributed by atoms with Crippen LogP contribution in [-0.4, -0.2) is 6.61 Å². The summed E-state index contributed by atoms with van der Waals surface area (Å²) in [5.74, 6) is 0.936. The Balaban J connectivity index is 2.02. The van der Waals surface area contributed by atoms with Crippen LogP contribution in [0.1, 0.15) is 43.9 Å². The van der Waals surface area contributed by atoms with Crippen LogP contribution in [0.25, 0.3) is 0 Å². The molecule has 21 heavy (non-hydrogen) atoms. The van der Waals surface area contributed by atoms with Gasteiger partial charge < -0.3 is 10.1 Å². The largest absolute Gasteiger partial charge is 0.494 e. The Bertz CT molecular complexity index is 530. The van der Waals surface area contributed by atoms with E-state index in [1.165, 1.54) is 11.1 Å². The molecule has 1 N–H and O–H groups in total. The predicted octanol–water partition coefficient (Wildman–Crippen LogP) is 5.35. The summed E-state index contributed by atoms with van der Waals surface area (Å²) < 4.78 is 5.61. The number of hydrogen-bond acceptors (Lipinski definition) is 2. The molecule has 0 radical (unpaired) electrons. The van der Waals surface area contributed by atoms with Gasteiger partial charge in [-0.1, -0.05) is 43.7 Å². The van der Waals surface area contributed by atoms with Crippen LogP contribution < -0.4 is 10.1 Å². The van der Waals surface area contributed by atoms with Crippen molar-refractivity contribution in [2.45, 2.75) is 39.7 Å². The van der Waals surface area contributed by atoms with E-state index in [9.17, 15) is 0 Å². The molecule has 0 saturated carbocycles. The minimum Gasteiger partial charge on any atom is -0.494 e. The van der Waals surface area contributed by atoms with Gasteiger partial charge in [0.05, 0.1) is 12.6 Å². The van der Waals surface area contributed by atoms with Gasteiger partial charge in [0, 0.05) is 5.69 Å². The Labute approximate surface area is 128 Å². The SMILES string of the molecule is CCCOc1ccc(NC(CC)c2ccc(C)cc2)cc1. The van der Waals surface area contributed by atoms with Crippen molar-refractivity contribution in [1.82, 2.24) is 0 Å². The molecule has 2 nitrogen and oxygen atoms in total. The third kappa shape index (κ3) is 4.52. The first-order valence-electron chi connectivity index (χ1n) is 7.79. The highest BCUT2D eigenvalue weighted by atomic mass is 16.5. The summed E-state index contributed by atoms with van der Waals surface area (Å²) in [5.41, 5.74) is 3.76. The summed E-state index contributed by atoms with van der Waals surface area (Å²) in [4.78, 5) is 0. The number of hydrogen-bond donors (Lipinski definition) is 1. The van der Waals surface area contributed by atoms with Gasteiger partial charge in [-0.05, 0) is 49.6 Å². The van der Waals surface area contributed by atoms with Crippen LogP contribution in [0, 0.1) is 6.92 Å². The first-order chi connectivity index (χ1) is 10.2. The highest BCUT2D eigenvalue weighted by Gasteiger charge is 2.08. The van der Waals surface area contributed by atoms with Crippen molar-refractivity contribution in [3.05, 3.63) is 59.7 Å². The molecule has 0 aliphatic carbocycles. The van der Waals surface area contributed by atoms with Gasteiger partial charge in [-0.3, -0.25) is 0 Å². The lowest BCUT2D eigenvalue weighted by Gasteiger charge is -2.19. The van der Waals surface area contributed by atoms with Crippen LogP contribution in [0.4, 0.5) is 5.69 Å². The summed E-state index contributed by atoms with van der Waals surface area (Å²) in [5, 5.41) is 3.59. The van der Waals surface area contributed by atoms with E-state index in [0.29, 0.717) is 6.04 Å². The van der Waals surface area contributed by atoms with E-state index >= 15 is 0 Å². The molecule has 2 heteroatoms. The van der Waals surface area contributed by atoms with Gasteiger partial charge >= 0.3 is 0 Å². The zero-order valence-electron chi connectivity index (χ0n) is 13.2. The summed E-state index contributed by atoms with van der Waals surface area (Å²) in [6.07, 6.45) is 2.09. The van der Waals surface area contributed by atoms with Gasteiger partial charge in [-0.2, -0.15) is 0 Å². The molecular formula is C19H25NO. The van der Waals surface area contributed by atoms with Crippen LogP contribution in [-0.2, 0) is 0 Å². The Morgan fingerprint density at radius 1 is 0.952 bits per heavy atom. The molecule has 0 spiro atoms. The van der Waals surface area contributed by atoms with Crippen molar-refractivity contribution in [3.63, 3.8) is 0 Å². The van der Waals surface area contributed by atoms with Gasteiger partial charge in [-0.15, -0.1) is 0 Å². The maximum atomic E-state index is 5.61. The van der Waals surface area contributed by atoms with Crippen molar-refractivity contribution in [3.8, 4) is 5.75 Å². The second-order valence-corrected chi connectivity index (χ2v) is 5.39. The Morgan fingerprint density at radius 3 is 2.19 bits per heavy atom. The molecule has 1 unspecified atom stereocenters. The Morgan fingerprint density at radius 2 is 1.62 bits per heavy atom. The Kier molecular flexibility index (Phi) is 5.68. The van der Waals surface area contributed by atoms with Crippen molar-refractivity contribution in [2.24, 2.45) is 0 Å². The average molecular weight is 283 g/mol. The van der Waals surface area contributed by atoms with E-state index in [2.05, 4.69) is 62.5 Å². The molecule has 2 rings (SSSR count). The molecule has 0 heterocycles. The van der Waals surface area contributed by atoms with Crippen molar-refractivity contribution >= 4 is 5.69 Å². The van der Waals surface area contributed by atoms with Crippen molar-refractivity contribution in [2.75, 3.05) is 11.9 Å². The zero-order valence-corrected chi connectivity index (χ0v) is 13.2. The molecule has 0 aliphatic heterocycles. The second kappa shape index (κ2) is 7.72. The summed E-state index contributed by atoms with van der Waals surface area (Å²) in [6, 6.07) is 17.3. The van der Waals surface area contributed by atoms with Crippen LogP contribution >= 0.6 is 0 Å². The number of anilines is 1. The second-order valence-electron chi connectivity index (χ2n) is 5.39. The highest BCUT2D eigenvalue weighted by molar-refractivity contribution is 5.48. The van der Waals surface area contributed by atoms with E-state index in [1.54, 1.807) is 0 Å². The number of rotatable bonds is 7. The molecule has 0 saturated heterocycles. The summed E-state index contributed by atoms with van der Waals surface area (Å²) in [6.45, 7) is 7.21. The molecule has 0 aromatic heterocycles. The maximum Gasteiger partial charge on any atom is 0.119 e. The van der Waals surface area contributed by atoms with Gasteiger partial charge in [0.25, 0.3) is 0 Å². The third-order valence-corrected chi connectivity index (χ3v) is 3.56. The first-order valence-corrected chi connectivity index (χ1v) is 7.79. The molecule has 0 fully saturated rings. The molecule has 112 valence electrons. The van der Waals surface area contributed by atoms with Crippen LogP contribution in [0.5, 0.6) is 5.75 Å². The first kappa shape index (κ1) is 15.4.